The summed E-state index contributed by atoms with van der Waals surface area (Å²) < 4.78 is 0. The van der Waals surface area contributed by atoms with Crippen LogP contribution in [-0.2, 0) is 0 Å². The van der Waals surface area contributed by atoms with Gasteiger partial charge < -0.3 is 0 Å². The van der Waals surface area contributed by atoms with E-state index in [2.05, 4.69) is 58.6 Å². The fraction of sp³-hybridized carbons (Fsp3) is 0.824. The molecule has 0 nitrogen and oxygen atoms in total. The van der Waals surface area contributed by atoms with Gasteiger partial charge in [0.1, 0.15) is 0 Å². The first kappa shape index (κ1) is 31.3. The smallest absolute Gasteiger partial charge is 0.0199 e. The molecule has 0 heterocycles. The van der Waals surface area contributed by atoms with E-state index < -0.39 is 0 Å². The first-order chi connectivity index (χ1) is 16.6. The Kier molecular flexibility index (Phi) is 19.8. The standard InChI is InChI=1S/C34H62/c1-6-9-12-15-16-22-27-34-31(24-19-13-10-7-2)28-29-32(25-20-17-18-23-30(4)5)33(34)26-21-14-11-8-3/h16,22,28-29,31-34H,4,6-15,17-21,23-27H2,1-3,5H3/b22-16+. The van der Waals surface area contributed by atoms with Crippen molar-refractivity contribution in [2.75, 3.05) is 0 Å². The first-order valence-corrected chi connectivity index (χ1v) is 15.6. The van der Waals surface area contributed by atoms with Gasteiger partial charge >= 0.3 is 0 Å². The van der Waals surface area contributed by atoms with E-state index in [0.717, 1.165) is 23.7 Å². The largest absolute Gasteiger partial charge is 0.100 e. The van der Waals surface area contributed by atoms with Crippen LogP contribution in [0.1, 0.15) is 156 Å². The highest BCUT2D eigenvalue weighted by molar-refractivity contribution is 5.07. The molecule has 1 aliphatic carbocycles. The van der Waals surface area contributed by atoms with Crippen LogP contribution >= 0.6 is 0 Å². The summed E-state index contributed by atoms with van der Waals surface area (Å²) in [6, 6.07) is 0. The molecule has 0 fully saturated rings. The van der Waals surface area contributed by atoms with Crippen molar-refractivity contribution in [3.8, 4) is 0 Å². The van der Waals surface area contributed by atoms with E-state index in [1.54, 1.807) is 0 Å². The lowest BCUT2D eigenvalue weighted by molar-refractivity contribution is 0.160. The van der Waals surface area contributed by atoms with Gasteiger partial charge in [0.15, 0.2) is 0 Å². The Bertz CT molecular complexity index is 524. The summed E-state index contributed by atoms with van der Waals surface area (Å²) >= 11 is 0. The zero-order valence-corrected chi connectivity index (χ0v) is 24.0. The lowest BCUT2D eigenvalue weighted by atomic mass is 9.65. The molecule has 1 rings (SSSR count). The van der Waals surface area contributed by atoms with Crippen molar-refractivity contribution in [1.29, 1.82) is 0 Å². The van der Waals surface area contributed by atoms with Crippen molar-refractivity contribution < 1.29 is 0 Å². The quantitative estimate of drug-likeness (QED) is 0.109. The normalized spacial score (nSPS) is 22.6. The SMILES string of the molecule is C=C(C)CCCCCC1C=CC(CCCCCC)C(C/C=C/CCCCC)C1CCCCCC. The second kappa shape index (κ2) is 21.5. The predicted molar refractivity (Wildman–Crippen MR) is 156 cm³/mol. The van der Waals surface area contributed by atoms with Crippen molar-refractivity contribution in [3.63, 3.8) is 0 Å². The monoisotopic (exact) mass is 470 g/mol. The van der Waals surface area contributed by atoms with Crippen LogP contribution in [0.25, 0.3) is 0 Å². The fourth-order valence-electron chi connectivity index (χ4n) is 6.08. The van der Waals surface area contributed by atoms with Gasteiger partial charge in [0.2, 0.25) is 0 Å². The number of hydrogen-bond acceptors (Lipinski definition) is 0. The molecule has 0 aliphatic heterocycles. The summed E-state index contributed by atoms with van der Waals surface area (Å²) in [5.74, 6) is 3.40. The topological polar surface area (TPSA) is 0 Å². The maximum atomic E-state index is 4.09. The fourth-order valence-corrected chi connectivity index (χ4v) is 6.08. The van der Waals surface area contributed by atoms with E-state index >= 15 is 0 Å². The van der Waals surface area contributed by atoms with Crippen LogP contribution in [0, 0.1) is 23.7 Å². The molecule has 4 atom stereocenters. The molecule has 0 N–H and O–H groups in total. The van der Waals surface area contributed by atoms with Gasteiger partial charge in [0.25, 0.3) is 0 Å². The zero-order chi connectivity index (χ0) is 24.9. The van der Waals surface area contributed by atoms with Gasteiger partial charge in [-0.1, -0.05) is 128 Å². The van der Waals surface area contributed by atoms with E-state index in [-0.39, 0.29) is 0 Å². The van der Waals surface area contributed by atoms with Gasteiger partial charge in [0, 0.05) is 0 Å². The van der Waals surface area contributed by atoms with Crippen LogP contribution in [0.15, 0.2) is 36.5 Å². The highest BCUT2D eigenvalue weighted by atomic mass is 14.4. The molecule has 0 saturated carbocycles. The van der Waals surface area contributed by atoms with Crippen molar-refractivity contribution >= 4 is 0 Å². The summed E-state index contributed by atoms with van der Waals surface area (Å²) in [5, 5.41) is 0. The Hall–Kier alpha value is -0.780. The Morgan fingerprint density at radius 2 is 1.15 bits per heavy atom. The molecule has 34 heavy (non-hydrogen) atoms. The molecule has 0 saturated heterocycles. The summed E-state index contributed by atoms with van der Waals surface area (Å²) in [6.45, 7) is 13.3. The highest BCUT2D eigenvalue weighted by Crippen LogP contribution is 2.44. The molecule has 0 aromatic rings. The molecule has 1 aliphatic rings. The maximum Gasteiger partial charge on any atom is -0.0199 e. The molecule has 0 spiro atoms. The van der Waals surface area contributed by atoms with Crippen LogP contribution in [0.4, 0.5) is 0 Å². The van der Waals surface area contributed by atoms with E-state index in [0.29, 0.717) is 0 Å². The van der Waals surface area contributed by atoms with E-state index in [1.807, 2.05) is 0 Å². The molecule has 0 radical (unpaired) electrons. The molecule has 0 amide bonds. The van der Waals surface area contributed by atoms with Gasteiger partial charge in [-0.25, -0.2) is 0 Å². The summed E-state index contributed by atoms with van der Waals surface area (Å²) in [4.78, 5) is 0. The molecular formula is C34H62. The van der Waals surface area contributed by atoms with Gasteiger partial charge in [-0.05, 0) is 82.0 Å². The number of hydrogen-bond donors (Lipinski definition) is 0. The van der Waals surface area contributed by atoms with E-state index in [4.69, 9.17) is 0 Å². The maximum absolute atomic E-state index is 4.09. The third kappa shape index (κ3) is 14.6. The van der Waals surface area contributed by atoms with Gasteiger partial charge in [-0.3, -0.25) is 0 Å². The Morgan fingerprint density at radius 1 is 0.618 bits per heavy atom. The molecule has 0 aromatic carbocycles. The van der Waals surface area contributed by atoms with Crippen molar-refractivity contribution in [3.05, 3.63) is 36.5 Å². The molecular weight excluding hydrogens is 408 g/mol. The predicted octanol–water partition coefficient (Wildman–Crippen LogP) is 12.0. The molecule has 0 bridgehead atoms. The molecule has 4 unspecified atom stereocenters. The first-order valence-electron chi connectivity index (χ1n) is 15.6. The van der Waals surface area contributed by atoms with Crippen LogP contribution in [-0.4, -0.2) is 0 Å². The Labute approximate surface area is 216 Å². The zero-order valence-electron chi connectivity index (χ0n) is 24.0. The average Bonchev–Trinajstić information content (AvgIpc) is 2.82. The lowest BCUT2D eigenvalue weighted by Gasteiger charge is -2.40. The third-order valence-electron chi connectivity index (χ3n) is 8.23. The number of unbranched alkanes of at least 4 members (excludes halogenated alkanes) is 11. The van der Waals surface area contributed by atoms with Crippen molar-refractivity contribution in [2.24, 2.45) is 23.7 Å². The van der Waals surface area contributed by atoms with E-state index in [1.165, 1.54) is 134 Å². The Balaban J connectivity index is 2.82. The number of rotatable bonds is 22. The molecule has 0 heteroatoms. The number of allylic oxidation sites excluding steroid dienone is 5. The summed E-state index contributed by atoms with van der Waals surface area (Å²) in [5.41, 5.74) is 1.35. The molecule has 0 aromatic heterocycles. The second-order valence-corrected chi connectivity index (χ2v) is 11.5. The van der Waals surface area contributed by atoms with Crippen LogP contribution in [0.5, 0.6) is 0 Å². The van der Waals surface area contributed by atoms with Gasteiger partial charge in [-0.15, -0.1) is 6.58 Å². The summed E-state index contributed by atoms with van der Waals surface area (Å²) in [7, 11) is 0. The average molecular weight is 471 g/mol. The van der Waals surface area contributed by atoms with Gasteiger partial charge in [-0.2, -0.15) is 0 Å². The van der Waals surface area contributed by atoms with E-state index in [9.17, 15) is 0 Å². The van der Waals surface area contributed by atoms with Crippen LogP contribution in [0.3, 0.4) is 0 Å². The minimum Gasteiger partial charge on any atom is -0.100 e. The molecule has 198 valence electrons. The van der Waals surface area contributed by atoms with Crippen LogP contribution < -0.4 is 0 Å². The van der Waals surface area contributed by atoms with Gasteiger partial charge in [0.05, 0.1) is 0 Å². The summed E-state index contributed by atoms with van der Waals surface area (Å²) in [6.07, 6.45) is 38.0. The van der Waals surface area contributed by atoms with Crippen molar-refractivity contribution in [2.45, 2.75) is 156 Å². The second-order valence-electron chi connectivity index (χ2n) is 11.5. The third-order valence-corrected chi connectivity index (χ3v) is 8.23. The highest BCUT2D eigenvalue weighted by Gasteiger charge is 2.34. The minimum atomic E-state index is 0.813. The Morgan fingerprint density at radius 3 is 1.74 bits per heavy atom. The van der Waals surface area contributed by atoms with Crippen molar-refractivity contribution in [1.82, 2.24) is 0 Å². The lowest BCUT2D eigenvalue weighted by Crippen LogP contribution is -2.31. The van der Waals surface area contributed by atoms with Crippen LogP contribution in [0.2, 0.25) is 0 Å². The minimum absolute atomic E-state index is 0.813.